The Morgan fingerprint density at radius 2 is 1.71 bits per heavy atom. The van der Waals surface area contributed by atoms with E-state index in [-0.39, 0.29) is 41.3 Å². The minimum Gasteiger partial charge on any atom is -0.496 e. The fourth-order valence-electron chi connectivity index (χ4n) is 8.40. The molecule has 7 rings (SSSR count). The van der Waals surface area contributed by atoms with Crippen LogP contribution >= 0.6 is 0 Å². The number of amides is 2. The summed E-state index contributed by atoms with van der Waals surface area (Å²) in [6, 6.07) is 11.0. The first-order valence-electron chi connectivity index (χ1n) is 18.0. The number of benzene rings is 1. The van der Waals surface area contributed by atoms with Crippen molar-refractivity contribution in [3.63, 3.8) is 0 Å². The first-order chi connectivity index (χ1) is 23.6. The zero-order valence-electron chi connectivity index (χ0n) is 29.9. The van der Waals surface area contributed by atoms with Crippen LogP contribution in [0.25, 0.3) is 11.1 Å². The number of hydrogen-bond acceptors (Lipinski definition) is 7. The number of aromatic nitrogens is 3. The van der Waals surface area contributed by atoms with E-state index in [4.69, 9.17) is 19.2 Å². The minimum atomic E-state index is -0.426. The number of pyridine rings is 1. The third-order valence-corrected chi connectivity index (χ3v) is 11.6. The first-order valence-corrected chi connectivity index (χ1v) is 18.0. The van der Waals surface area contributed by atoms with Crippen LogP contribution in [0.5, 0.6) is 5.75 Å². The molecule has 2 aromatic heterocycles. The Morgan fingerprint density at radius 3 is 2.35 bits per heavy atom. The highest BCUT2D eigenvalue weighted by Gasteiger charge is 2.51. The van der Waals surface area contributed by atoms with Crippen molar-refractivity contribution < 1.29 is 23.8 Å². The summed E-state index contributed by atoms with van der Waals surface area (Å²) in [4.78, 5) is 33.7. The van der Waals surface area contributed by atoms with Gasteiger partial charge in [-0.25, -0.2) is 9.78 Å². The summed E-state index contributed by atoms with van der Waals surface area (Å²) in [5.41, 5.74) is 4.89. The predicted molar refractivity (Wildman–Crippen MR) is 190 cm³/mol. The highest BCUT2D eigenvalue weighted by Crippen LogP contribution is 2.58. The van der Waals surface area contributed by atoms with Crippen molar-refractivity contribution in [1.82, 2.24) is 20.1 Å². The predicted octanol–water partition coefficient (Wildman–Crippen LogP) is 7.40. The molecule has 0 spiro atoms. The summed E-state index contributed by atoms with van der Waals surface area (Å²) in [6.45, 7) is 7.62. The van der Waals surface area contributed by atoms with Crippen LogP contribution in [0.15, 0.2) is 48.9 Å². The van der Waals surface area contributed by atoms with E-state index < -0.39 is 6.09 Å². The number of rotatable bonds is 12. The van der Waals surface area contributed by atoms with E-state index in [1.807, 2.05) is 28.0 Å². The molecule has 264 valence electrons. The van der Waals surface area contributed by atoms with Crippen LogP contribution in [0.2, 0.25) is 0 Å². The number of methoxy groups -OCH3 is 2. The number of alkyl carbamates (subject to hydrolysis) is 1. The van der Waals surface area contributed by atoms with Crippen molar-refractivity contribution in [2.45, 2.75) is 102 Å². The molecule has 4 aliphatic rings. The average Bonchev–Trinajstić information content (AvgIpc) is 3.63. The Hall–Kier alpha value is -3.92. The second kappa shape index (κ2) is 14.9. The van der Waals surface area contributed by atoms with E-state index in [0.29, 0.717) is 31.8 Å². The molecule has 0 saturated heterocycles. The largest absolute Gasteiger partial charge is 0.496 e. The van der Waals surface area contributed by atoms with Gasteiger partial charge in [0.05, 0.1) is 19.9 Å². The van der Waals surface area contributed by atoms with Gasteiger partial charge < -0.3 is 19.5 Å². The SMILES string of the molecule is COCCOC(=O)N[C@H]1CC[C@H](C(=O)N(CC23CCC(c4ccc(OC)c(C)c4)(CC2)CC3)c2cc(-c3cnn(C(C)C)c3)ccn2)CC1. The number of fused-ring (bicyclic) bond motifs is 3. The molecular formula is C39H53N5O5. The van der Waals surface area contributed by atoms with E-state index in [1.54, 1.807) is 14.2 Å². The van der Waals surface area contributed by atoms with Crippen LogP contribution in [0.3, 0.4) is 0 Å². The van der Waals surface area contributed by atoms with E-state index >= 15 is 0 Å². The maximum atomic E-state index is 14.6. The van der Waals surface area contributed by atoms with Crippen LogP contribution in [0.4, 0.5) is 10.6 Å². The molecule has 10 nitrogen and oxygen atoms in total. The van der Waals surface area contributed by atoms with Gasteiger partial charge in [0.25, 0.3) is 0 Å². The fraction of sp³-hybridized carbons (Fsp3) is 0.590. The van der Waals surface area contributed by atoms with Gasteiger partial charge in [0, 0.05) is 49.6 Å². The summed E-state index contributed by atoms with van der Waals surface area (Å²) < 4.78 is 17.7. The van der Waals surface area contributed by atoms with Gasteiger partial charge in [-0.2, -0.15) is 5.10 Å². The normalized spacial score (nSPS) is 24.9. The topological polar surface area (TPSA) is 108 Å². The summed E-state index contributed by atoms with van der Waals surface area (Å²) in [5, 5.41) is 7.53. The number of aryl methyl sites for hydroxylation is 1. The third-order valence-electron chi connectivity index (χ3n) is 11.6. The van der Waals surface area contributed by atoms with Gasteiger partial charge in [-0.3, -0.25) is 14.4 Å². The molecule has 4 aliphatic carbocycles. The smallest absolute Gasteiger partial charge is 0.407 e. The number of ether oxygens (including phenoxy) is 3. The van der Waals surface area contributed by atoms with Crippen molar-refractivity contribution in [2.75, 3.05) is 38.9 Å². The summed E-state index contributed by atoms with van der Waals surface area (Å²) in [6.07, 6.45) is 14.9. The number of anilines is 1. The van der Waals surface area contributed by atoms with Gasteiger partial charge in [0.15, 0.2) is 0 Å². The van der Waals surface area contributed by atoms with Crippen molar-refractivity contribution in [1.29, 1.82) is 0 Å². The minimum absolute atomic E-state index is 0.00325. The molecule has 1 N–H and O–H groups in total. The number of carbonyl (C=O) groups is 2. The Bertz CT molecular complexity index is 1590. The van der Waals surface area contributed by atoms with E-state index in [2.05, 4.69) is 61.6 Å². The zero-order chi connectivity index (χ0) is 34.6. The first kappa shape index (κ1) is 34.9. The zero-order valence-corrected chi connectivity index (χ0v) is 29.9. The monoisotopic (exact) mass is 671 g/mol. The molecule has 2 bridgehead atoms. The highest BCUT2D eigenvalue weighted by atomic mass is 16.6. The van der Waals surface area contributed by atoms with Crippen LogP contribution < -0.4 is 15.0 Å². The van der Waals surface area contributed by atoms with Gasteiger partial charge in [-0.1, -0.05) is 12.1 Å². The van der Waals surface area contributed by atoms with Crippen molar-refractivity contribution >= 4 is 17.8 Å². The number of nitrogens with zero attached hydrogens (tertiary/aromatic N) is 4. The third kappa shape index (κ3) is 7.64. The molecule has 3 aromatic rings. The van der Waals surface area contributed by atoms with E-state index in [9.17, 15) is 9.59 Å². The van der Waals surface area contributed by atoms with Crippen molar-refractivity contribution in [2.24, 2.45) is 11.3 Å². The van der Waals surface area contributed by atoms with Crippen LogP contribution in [-0.4, -0.2) is 66.8 Å². The molecule has 2 heterocycles. The molecule has 0 aliphatic heterocycles. The van der Waals surface area contributed by atoms with Gasteiger partial charge >= 0.3 is 6.09 Å². The average molecular weight is 672 g/mol. The maximum Gasteiger partial charge on any atom is 0.407 e. The van der Waals surface area contributed by atoms with Gasteiger partial charge in [-0.05, 0) is 131 Å². The lowest BCUT2D eigenvalue weighted by Crippen LogP contribution is -2.52. The van der Waals surface area contributed by atoms with E-state index in [1.165, 1.54) is 11.1 Å². The molecule has 2 amide bonds. The molecule has 49 heavy (non-hydrogen) atoms. The van der Waals surface area contributed by atoms with Gasteiger partial charge in [0.1, 0.15) is 18.2 Å². The van der Waals surface area contributed by atoms with E-state index in [0.717, 1.165) is 68.2 Å². The molecule has 0 atom stereocenters. The molecular weight excluding hydrogens is 618 g/mol. The number of carbonyl (C=O) groups excluding carboxylic acids is 2. The van der Waals surface area contributed by atoms with Crippen LogP contribution in [-0.2, 0) is 19.7 Å². The van der Waals surface area contributed by atoms with Crippen molar-refractivity contribution in [3.8, 4) is 16.9 Å². The van der Waals surface area contributed by atoms with Crippen molar-refractivity contribution in [3.05, 3.63) is 60.0 Å². The summed E-state index contributed by atoms with van der Waals surface area (Å²) in [5.74, 6) is 1.67. The molecule has 10 heteroatoms. The Morgan fingerprint density at radius 1 is 0.980 bits per heavy atom. The Labute approximate surface area is 290 Å². The number of hydrogen-bond donors (Lipinski definition) is 1. The quantitative estimate of drug-likeness (QED) is 0.200. The van der Waals surface area contributed by atoms with Gasteiger partial charge in [-0.15, -0.1) is 0 Å². The van der Waals surface area contributed by atoms with Gasteiger partial charge in [0.2, 0.25) is 5.91 Å². The second-order valence-corrected chi connectivity index (χ2v) is 14.9. The Kier molecular flexibility index (Phi) is 10.6. The maximum absolute atomic E-state index is 14.6. The molecule has 0 unspecified atom stereocenters. The summed E-state index contributed by atoms with van der Waals surface area (Å²) in [7, 11) is 3.31. The molecule has 4 fully saturated rings. The summed E-state index contributed by atoms with van der Waals surface area (Å²) >= 11 is 0. The standard InChI is InChI=1S/C39H53N5O5/c1-27(2)44-25-31(24-41-44)30-12-19-40-35(23-30)43(36(45)29-6-9-33(10-7-29)42-37(46)49-21-20-47-4)26-38-13-16-39(17-14-38,18-15-38)32-8-11-34(48-5)28(3)22-32/h8,11-12,19,22-25,27,29,33H,6-7,9-10,13-18,20-21,26H2,1-5H3,(H,42,46)/t29-,33-,38?,39?. The van der Waals surface area contributed by atoms with Crippen LogP contribution in [0, 0.1) is 18.3 Å². The molecule has 1 aromatic carbocycles. The molecule has 4 saturated carbocycles. The van der Waals surface area contributed by atoms with Crippen LogP contribution in [0.1, 0.15) is 95.2 Å². The second-order valence-electron chi connectivity index (χ2n) is 14.9. The fourth-order valence-corrected chi connectivity index (χ4v) is 8.40. The molecule has 0 radical (unpaired) electrons. The lowest BCUT2D eigenvalue weighted by Gasteiger charge is -2.55. The number of nitrogens with one attached hydrogen (secondary N) is 1. The lowest BCUT2D eigenvalue weighted by molar-refractivity contribution is -0.124. The Balaban J connectivity index is 1.20. The highest BCUT2D eigenvalue weighted by molar-refractivity contribution is 5.95. The lowest BCUT2D eigenvalue weighted by atomic mass is 9.51.